The maximum absolute atomic E-state index is 7.18. The molecule has 1 nitrogen and oxygen atoms in total. The number of nitrogens with zero attached hydrogens (tertiary/aromatic N) is 1. The zero-order chi connectivity index (χ0) is 2.71. The van der Waals surface area contributed by atoms with E-state index in [9.17, 15) is 0 Å². The van der Waals surface area contributed by atoms with Gasteiger partial charge in [0, 0.05) is 0 Å². The Kier molecular flexibility index (Phi) is 20.0. The van der Waals surface area contributed by atoms with Crippen LogP contribution in [0.15, 0.2) is 0 Å². The molecule has 20 valence electrons. The van der Waals surface area contributed by atoms with E-state index in [-0.39, 0.29) is 29.6 Å². The van der Waals surface area contributed by atoms with Crippen LogP contribution in [-0.2, 0) is 15.7 Å². The quantitative estimate of drug-likeness (QED) is 0.380. The van der Waals surface area contributed by atoms with Crippen LogP contribution in [0.2, 0.25) is 0 Å². The van der Waals surface area contributed by atoms with Gasteiger partial charge in [0.2, 0.25) is 0 Å². The molecule has 0 aliphatic carbocycles. The van der Waals surface area contributed by atoms with Crippen molar-refractivity contribution >= 4 is 29.6 Å². The van der Waals surface area contributed by atoms with Gasteiger partial charge in [0.15, 0.2) is 0 Å². The van der Waals surface area contributed by atoms with Crippen LogP contribution >= 0.6 is 0 Å². The van der Waals surface area contributed by atoms with Crippen molar-refractivity contribution in [2.45, 2.75) is 0 Å². The molecule has 0 atom stereocenters. The van der Waals surface area contributed by atoms with Crippen LogP contribution in [0.5, 0.6) is 0 Å². The molecule has 0 aromatic carbocycles. The molecule has 0 saturated carbocycles. The topological polar surface area (TPSA) is 23.8 Å². The third-order valence-electron chi connectivity index (χ3n) is 0. The van der Waals surface area contributed by atoms with E-state index in [1.54, 1.807) is 0 Å². The summed E-state index contributed by atoms with van der Waals surface area (Å²) in [6.07, 6.45) is 0. The Bertz CT molecular complexity index is 29.5. The van der Waals surface area contributed by atoms with E-state index in [0.717, 1.165) is 0 Å². The summed E-state index contributed by atoms with van der Waals surface area (Å²) in [7, 11) is 0. The minimum atomic E-state index is 0. The van der Waals surface area contributed by atoms with E-state index >= 15 is 0 Å². The molecule has 0 N–H and O–H groups in total. The van der Waals surface area contributed by atoms with Gasteiger partial charge in [0.25, 0.3) is 0 Å². The van der Waals surface area contributed by atoms with Gasteiger partial charge in [0.1, 0.15) is 0 Å². The molecule has 0 radical (unpaired) electrons. The van der Waals surface area contributed by atoms with Gasteiger partial charge in [-0.1, -0.05) is 0 Å². The van der Waals surface area contributed by atoms with Gasteiger partial charge in [-0.2, -0.15) is 0 Å². The molecule has 3 heteroatoms. The van der Waals surface area contributed by atoms with Crippen molar-refractivity contribution in [2.24, 2.45) is 0 Å². The van der Waals surface area contributed by atoms with Crippen molar-refractivity contribution < 1.29 is 15.7 Å². The number of nitriles is 1. The predicted octanol–water partition coefficient (Wildman–Crippen LogP) is -0.634. The first-order valence-corrected chi connectivity index (χ1v) is 0.911. The molecule has 0 heterocycles. The zero-order valence-electron chi connectivity index (χ0n) is 1.28. The van der Waals surface area contributed by atoms with Gasteiger partial charge < -0.3 is 0 Å². The van der Waals surface area contributed by atoms with Gasteiger partial charge in [0.05, 0.1) is 0 Å². The standard InChI is InChI=1S/CN.Co.Na.H/c1-2;;;. The Balaban J connectivity index is 0. The Hall–Kier alpha value is 0.996. The van der Waals surface area contributed by atoms with Gasteiger partial charge in [-0.15, -0.1) is 0 Å². The van der Waals surface area contributed by atoms with E-state index in [2.05, 4.69) is 15.7 Å². The molecule has 0 aliphatic rings. The van der Waals surface area contributed by atoms with E-state index in [1.165, 1.54) is 5.00 Å². The second-order valence-electron chi connectivity index (χ2n) is 0.0745. The van der Waals surface area contributed by atoms with Crippen LogP contribution in [0.1, 0.15) is 0 Å². The van der Waals surface area contributed by atoms with Gasteiger partial charge >= 0.3 is 55.6 Å². The van der Waals surface area contributed by atoms with Crippen LogP contribution in [0.25, 0.3) is 0 Å². The molecule has 4 heavy (non-hydrogen) atoms. The third kappa shape index (κ3) is 12.0. The van der Waals surface area contributed by atoms with Gasteiger partial charge in [-0.25, -0.2) is 0 Å². The molecule has 0 spiro atoms. The van der Waals surface area contributed by atoms with Gasteiger partial charge in [-0.3, -0.25) is 0 Å². The average Bonchev–Trinajstić information content (AvgIpc) is 0.918. The summed E-state index contributed by atoms with van der Waals surface area (Å²) in [4.78, 5) is 0. The van der Waals surface area contributed by atoms with Crippen LogP contribution in [0, 0.1) is 10.3 Å². The minimum absolute atomic E-state index is 0. The summed E-state index contributed by atoms with van der Waals surface area (Å²) in [6.45, 7) is 0. The molecular weight excluding hydrogens is 108 g/mol. The molecule has 0 aromatic rings. The van der Waals surface area contributed by atoms with Crippen LogP contribution in [0.3, 0.4) is 0 Å². The maximum atomic E-state index is 7.18. The van der Waals surface area contributed by atoms with Crippen molar-refractivity contribution in [3.05, 3.63) is 0 Å². The van der Waals surface area contributed by atoms with Crippen LogP contribution < -0.4 is 0 Å². The van der Waals surface area contributed by atoms with E-state index in [4.69, 9.17) is 5.26 Å². The molecule has 0 fully saturated rings. The molecule has 0 aliphatic heterocycles. The van der Waals surface area contributed by atoms with Crippen molar-refractivity contribution in [1.82, 2.24) is 0 Å². The summed E-state index contributed by atoms with van der Waals surface area (Å²) in [5.74, 6) is 0. The molecule has 0 amide bonds. The number of hydrogen-bond donors (Lipinski definition) is 0. The second kappa shape index (κ2) is 9.00. The Morgan fingerprint density at radius 2 is 1.75 bits per heavy atom. The van der Waals surface area contributed by atoms with Crippen LogP contribution in [-0.4, -0.2) is 29.6 Å². The van der Waals surface area contributed by atoms with E-state index < -0.39 is 0 Å². The van der Waals surface area contributed by atoms with Crippen LogP contribution in [0.4, 0.5) is 0 Å². The first-order valence-electron chi connectivity index (χ1n) is 0.390. The fourth-order valence-electron chi connectivity index (χ4n) is 0. The van der Waals surface area contributed by atoms with E-state index in [0.29, 0.717) is 0 Å². The normalized spacial score (nSPS) is 2.25. The average molecular weight is 109 g/mol. The molecule has 0 unspecified atom stereocenters. The summed E-state index contributed by atoms with van der Waals surface area (Å²) < 4.78 is 0. The Morgan fingerprint density at radius 1 is 1.75 bits per heavy atom. The monoisotopic (exact) mass is 109 g/mol. The van der Waals surface area contributed by atoms with Crippen molar-refractivity contribution in [1.29, 1.82) is 5.26 Å². The number of rotatable bonds is 0. The molecule has 0 bridgehead atoms. The number of hydrogen-bond acceptors (Lipinski definition) is 1. The van der Waals surface area contributed by atoms with E-state index in [1.807, 2.05) is 0 Å². The van der Waals surface area contributed by atoms with Crippen molar-refractivity contribution in [3.63, 3.8) is 0 Å². The first-order chi connectivity index (χ1) is 1.41. The molecule has 0 saturated heterocycles. The zero-order valence-corrected chi connectivity index (χ0v) is 2.32. The fourth-order valence-corrected chi connectivity index (χ4v) is 0. The Labute approximate surface area is 55.3 Å². The third-order valence-corrected chi connectivity index (χ3v) is 0. The summed E-state index contributed by atoms with van der Waals surface area (Å²) in [5.41, 5.74) is 0. The summed E-state index contributed by atoms with van der Waals surface area (Å²) in [6, 6.07) is 0. The molecule has 0 rings (SSSR count). The predicted molar refractivity (Wildman–Crippen MR) is 12.8 cm³/mol. The first kappa shape index (κ1) is 8.89. The summed E-state index contributed by atoms with van der Waals surface area (Å²) >= 11 is 3.13. The fraction of sp³-hybridized carbons (Fsp3) is 0. The van der Waals surface area contributed by atoms with Crippen molar-refractivity contribution in [3.8, 4) is 5.00 Å². The van der Waals surface area contributed by atoms with Crippen molar-refractivity contribution in [2.75, 3.05) is 0 Å². The molecular formula is CHCoNNa. The second-order valence-corrected chi connectivity index (χ2v) is 0.307. The van der Waals surface area contributed by atoms with Gasteiger partial charge in [-0.05, 0) is 0 Å². The SMILES string of the molecule is N#[C][Co].[NaH]. The Morgan fingerprint density at radius 3 is 1.75 bits per heavy atom. The molecule has 0 aromatic heterocycles. The summed E-state index contributed by atoms with van der Waals surface area (Å²) in [5, 5.41) is 8.62.